The lowest BCUT2D eigenvalue weighted by Crippen LogP contribution is -2.58. The predicted octanol–water partition coefficient (Wildman–Crippen LogP) is 5.05. The highest BCUT2D eigenvalue weighted by atomic mass is 16.9. The molecule has 3 heterocycles. The third kappa shape index (κ3) is 4.67. The molecule has 3 saturated heterocycles. The Hall–Kier alpha value is -1.71. The van der Waals surface area contributed by atoms with Gasteiger partial charge in [-0.05, 0) is 44.2 Å². The maximum atomic E-state index is 13.7. The van der Waals surface area contributed by atoms with Crippen LogP contribution in [0.3, 0.4) is 0 Å². The predicted molar refractivity (Wildman–Crippen MR) is 131 cm³/mol. The first-order valence-corrected chi connectivity index (χ1v) is 14.0. The SMILES string of the molecule is CCCCOc1ccccc1NC(=O)[C@H]1O[C@@H]2OC3(CCCCC3)O[C@@H]2[C@H]2OC3(CCCCC3)O[C@H]21. The van der Waals surface area contributed by atoms with E-state index in [-0.39, 0.29) is 5.91 Å². The van der Waals surface area contributed by atoms with Gasteiger partial charge in [0.15, 0.2) is 24.0 Å². The van der Waals surface area contributed by atoms with Gasteiger partial charge in [-0.25, -0.2) is 0 Å². The summed E-state index contributed by atoms with van der Waals surface area (Å²) in [5.74, 6) is -0.940. The lowest BCUT2D eigenvalue weighted by Gasteiger charge is -2.36. The third-order valence-electron chi connectivity index (χ3n) is 8.27. The number of unbranched alkanes of at least 4 members (excludes halogenated alkanes) is 1. The Labute approximate surface area is 213 Å². The van der Waals surface area contributed by atoms with Gasteiger partial charge in [-0.3, -0.25) is 4.79 Å². The van der Waals surface area contributed by atoms with Crippen LogP contribution in [0.1, 0.15) is 84.0 Å². The van der Waals surface area contributed by atoms with Crippen molar-refractivity contribution in [2.45, 2.75) is 126 Å². The van der Waals surface area contributed by atoms with E-state index in [1.807, 2.05) is 24.3 Å². The first kappa shape index (κ1) is 24.6. The van der Waals surface area contributed by atoms with Gasteiger partial charge in [0.25, 0.3) is 5.91 Å². The standard InChI is InChI=1S/C28H39NO7/c1-2-3-18-31-20-13-7-6-12-19(20)29-25(30)23-21-22(34-27(33-21)14-8-4-9-15-27)24-26(32-23)36-28(35-24)16-10-5-11-17-28/h6-7,12-13,21-24,26H,2-5,8-11,14-18H2,1H3,(H,29,30)/t21-,22+,23+,24-,26-/m1/s1. The van der Waals surface area contributed by atoms with E-state index in [9.17, 15) is 4.79 Å². The molecule has 1 amide bonds. The van der Waals surface area contributed by atoms with Crippen molar-refractivity contribution in [3.63, 3.8) is 0 Å². The van der Waals surface area contributed by atoms with Crippen molar-refractivity contribution >= 4 is 11.6 Å². The number of amides is 1. The maximum absolute atomic E-state index is 13.7. The number of para-hydroxylation sites is 2. The van der Waals surface area contributed by atoms with E-state index >= 15 is 0 Å². The normalized spacial score (nSPS) is 34.3. The molecule has 2 spiro atoms. The Bertz CT molecular complexity index is 926. The van der Waals surface area contributed by atoms with E-state index in [0.717, 1.165) is 64.2 Å². The molecule has 1 aromatic rings. The number of benzene rings is 1. The average Bonchev–Trinajstić information content (AvgIpc) is 3.43. The van der Waals surface area contributed by atoms with Gasteiger partial charge in [-0.2, -0.15) is 0 Å². The minimum absolute atomic E-state index is 0.278. The van der Waals surface area contributed by atoms with Crippen LogP contribution in [0.2, 0.25) is 0 Å². The number of fused-ring (bicyclic) bond motifs is 3. The summed E-state index contributed by atoms with van der Waals surface area (Å²) in [6.45, 7) is 2.72. The van der Waals surface area contributed by atoms with E-state index in [1.165, 1.54) is 12.8 Å². The molecule has 1 N–H and O–H groups in total. The van der Waals surface area contributed by atoms with Gasteiger partial charge in [-0.1, -0.05) is 38.3 Å². The van der Waals surface area contributed by atoms with Crippen molar-refractivity contribution in [3.8, 4) is 5.75 Å². The molecular weight excluding hydrogens is 462 g/mol. The number of rotatable bonds is 6. The van der Waals surface area contributed by atoms with Crippen LogP contribution in [0, 0.1) is 0 Å². The van der Waals surface area contributed by atoms with E-state index in [0.29, 0.717) is 18.0 Å². The fourth-order valence-electron chi connectivity index (χ4n) is 6.39. The van der Waals surface area contributed by atoms with Crippen molar-refractivity contribution in [2.75, 3.05) is 11.9 Å². The van der Waals surface area contributed by atoms with Gasteiger partial charge in [0.05, 0.1) is 12.3 Å². The third-order valence-corrected chi connectivity index (χ3v) is 8.27. The van der Waals surface area contributed by atoms with Crippen LogP contribution >= 0.6 is 0 Å². The second kappa shape index (κ2) is 10.2. The molecule has 8 heteroatoms. The number of nitrogens with one attached hydrogen (secondary N) is 1. The number of carbonyl (C=O) groups excluding carboxylic acids is 1. The Morgan fingerprint density at radius 2 is 1.53 bits per heavy atom. The molecular formula is C28H39NO7. The van der Waals surface area contributed by atoms with Crippen molar-refractivity contribution in [2.24, 2.45) is 0 Å². The molecule has 0 radical (unpaired) electrons. The molecule has 0 unspecified atom stereocenters. The molecule has 6 rings (SSSR count). The molecule has 1 aromatic carbocycles. The molecule has 3 aliphatic heterocycles. The number of hydrogen-bond donors (Lipinski definition) is 1. The Morgan fingerprint density at radius 3 is 2.25 bits per heavy atom. The van der Waals surface area contributed by atoms with Crippen LogP contribution in [0.5, 0.6) is 5.75 Å². The first-order chi connectivity index (χ1) is 17.6. The number of ether oxygens (including phenoxy) is 6. The fraction of sp³-hybridized carbons (Fsp3) is 0.750. The minimum Gasteiger partial charge on any atom is -0.491 e. The lowest BCUT2D eigenvalue weighted by molar-refractivity contribution is -0.246. The van der Waals surface area contributed by atoms with Crippen LogP contribution < -0.4 is 10.1 Å². The number of carbonyl (C=O) groups is 1. The second-order valence-corrected chi connectivity index (χ2v) is 10.9. The zero-order chi connectivity index (χ0) is 24.6. The summed E-state index contributed by atoms with van der Waals surface area (Å²) in [5, 5.41) is 3.04. The van der Waals surface area contributed by atoms with Crippen molar-refractivity contribution in [1.82, 2.24) is 0 Å². The van der Waals surface area contributed by atoms with Gasteiger partial charge >= 0.3 is 0 Å². The summed E-state index contributed by atoms with van der Waals surface area (Å²) in [7, 11) is 0. The van der Waals surface area contributed by atoms with Crippen LogP contribution in [0.25, 0.3) is 0 Å². The first-order valence-electron chi connectivity index (χ1n) is 14.0. The summed E-state index contributed by atoms with van der Waals surface area (Å²) in [6.07, 6.45) is 9.02. The number of anilines is 1. The highest BCUT2D eigenvalue weighted by Gasteiger charge is 2.65. The highest BCUT2D eigenvalue weighted by Crippen LogP contribution is 2.51. The van der Waals surface area contributed by atoms with Crippen molar-refractivity contribution in [1.29, 1.82) is 0 Å². The van der Waals surface area contributed by atoms with Crippen molar-refractivity contribution < 1.29 is 33.2 Å². The van der Waals surface area contributed by atoms with E-state index in [4.69, 9.17) is 28.4 Å². The Balaban J connectivity index is 1.24. The zero-order valence-corrected chi connectivity index (χ0v) is 21.2. The summed E-state index contributed by atoms with van der Waals surface area (Å²) < 4.78 is 38.5. The summed E-state index contributed by atoms with van der Waals surface area (Å²) in [4.78, 5) is 13.7. The molecule has 0 aromatic heterocycles. The molecule has 8 nitrogen and oxygen atoms in total. The molecule has 198 valence electrons. The van der Waals surface area contributed by atoms with Gasteiger partial charge in [0.1, 0.15) is 24.1 Å². The van der Waals surface area contributed by atoms with E-state index < -0.39 is 42.3 Å². The molecule has 2 aliphatic carbocycles. The quantitative estimate of drug-likeness (QED) is 0.546. The molecule has 5 fully saturated rings. The topological polar surface area (TPSA) is 84.5 Å². The van der Waals surface area contributed by atoms with Gasteiger partial charge in [-0.15, -0.1) is 0 Å². The van der Waals surface area contributed by atoms with E-state index in [2.05, 4.69) is 12.2 Å². The molecule has 5 aliphatic rings. The van der Waals surface area contributed by atoms with Crippen LogP contribution in [-0.2, 0) is 28.5 Å². The molecule has 0 bridgehead atoms. The Kier molecular flexibility index (Phi) is 6.99. The summed E-state index contributed by atoms with van der Waals surface area (Å²) in [5.41, 5.74) is 0.625. The summed E-state index contributed by atoms with van der Waals surface area (Å²) >= 11 is 0. The number of hydrogen-bond acceptors (Lipinski definition) is 7. The maximum Gasteiger partial charge on any atom is 0.256 e. The average molecular weight is 502 g/mol. The van der Waals surface area contributed by atoms with Crippen LogP contribution in [0.15, 0.2) is 24.3 Å². The molecule has 36 heavy (non-hydrogen) atoms. The second-order valence-electron chi connectivity index (χ2n) is 10.9. The Morgan fingerprint density at radius 1 is 0.889 bits per heavy atom. The summed E-state index contributed by atoms with van der Waals surface area (Å²) in [6, 6.07) is 7.51. The van der Waals surface area contributed by atoms with Crippen molar-refractivity contribution in [3.05, 3.63) is 24.3 Å². The monoisotopic (exact) mass is 501 g/mol. The van der Waals surface area contributed by atoms with Crippen LogP contribution in [0.4, 0.5) is 5.69 Å². The fourth-order valence-corrected chi connectivity index (χ4v) is 6.39. The lowest BCUT2D eigenvalue weighted by atomic mass is 9.94. The van der Waals surface area contributed by atoms with Gasteiger partial charge in [0, 0.05) is 25.7 Å². The highest BCUT2D eigenvalue weighted by molar-refractivity contribution is 5.96. The molecule has 5 atom stereocenters. The van der Waals surface area contributed by atoms with E-state index in [1.54, 1.807) is 0 Å². The van der Waals surface area contributed by atoms with Gasteiger partial charge in [0.2, 0.25) is 0 Å². The largest absolute Gasteiger partial charge is 0.491 e. The minimum atomic E-state index is -0.872. The van der Waals surface area contributed by atoms with Gasteiger partial charge < -0.3 is 33.7 Å². The zero-order valence-electron chi connectivity index (χ0n) is 21.2. The molecule has 2 saturated carbocycles. The van der Waals surface area contributed by atoms with Crippen LogP contribution in [-0.4, -0.2) is 54.8 Å². The smallest absolute Gasteiger partial charge is 0.256 e.